The van der Waals surface area contributed by atoms with Gasteiger partial charge >= 0.3 is 0 Å². The lowest BCUT2D eigenvalue weighted by Gasteiger charge is -2.25. The summed E-state index contributed by atoms with van der Waals surface area (Å²) >= 11 is 0. The summed E-state index contributed by atoms with van der Waals surface area (Å²) in [5, 5.41) is 6.56. The van der Waals surface area contributed by atoms with E-state index >= 15 is 0 Å². The molecule has 58 heavy (non-hydrogen) atoms. The van der Waals surface area contributed by atoms with Crippen LogP contribution in [0.2, 0.25) is 0 Å². The molecule has 2 heterocycles. The highest BCUT2D eigenvalue weighted by atomic mass is 16.3. The topological polar surface area (TPSA) is 55.1 Å². The van der Waals surface area contributed by atoms with Gasteiger partial charge in [0.15, 0.2) is 17.5 Å². The molecule has 9 aromatic carbocycles. The molecule has 0 N–H and O–H groups in total. The van der Waals surface area contributed by atoms with Gasteiger partial charge in [-0.25, -0.2) is 15.0 Å². The van der Waals surface area contributed by atoms with Crippen LogP contribution in [0.15, 0.2) is 211 Å². The number of fused-ring (bicyclic) bond motifs is 5. The van der Waals surface area contributed by atoms with Gasteiger partial charge in [-0.05, 0) is 99.4 Å². The first-order chi connectivity index (χ1) is 28.7. The van der Waals surface area contributed by atoms with E-state index in [9.17, 15) is 0 Å². The minimum absolute atomic E-state index is 0.579. The first kappa shape index (κ1) is 33.4. The Labute approximate surface area is 335 Å². The summed E-state index contributed by atoms with van der Waals surface area (Å²) in [5.74, 6) is 1.80. The van der Waals surface area contributed by atoms with Crippen LogP contribution in [-0.2, 0) is 0 Å². The highest BCUT2D eigenvalue weighted by molar-refractivity contribution is 6.13. The molecule has 2 aromatic heterocycles. The molecule has 5 heteroatoms. The third-order valence-electron chi connectivity index (χ3n) is 10.9. The summed E-state index contributed by atoms with van der Waals surface area (Å²) in [6, 6.07) is 71.7. The molecule has 0 aliphatic heterocycles. The van der Waals surface area contributed by atoms with Crippen molar-refractivity contribution < 1.29 is 4.42 Å². The van der Waals surface area contributed by atoms with Crippen LogP contribution >= 0.6 is 0 Å². The number of hydrogen-bond donors (Lipinski definition) is 0. The van der Waals surface area contributed by atoms with Crippen LogP contribution in [0.5, 0.6) is 0 Å². The quantitative estimate of drug-likeness (QED) is 0.163. The SMILES string of the molecule is c1ccc(N(c2ccccc2)c2ccc(-c3cc(-c4nc(-c5ccc6ccccc6c5)nc(-c5ccc6ccccc6c5)n4)c4c(c3)oc3ccccc34)cc2)cc1. The van der Waals surface area contributed by atoms with E-state index in [0.717, 1.165) is 88.4 Å². The first-order valence-electron chi connectivity index (χ1n) is 19.4. The van der Waals surface area contributed by atoms with Gasteiger partial charge in [-0.1, -0.05) is 140 Å². The Kier molecular flexibility index (Phi) is 8.07. The zero-order valence-corrected chi connectivity index (χ0v) is 31.3. The van der Waals surface area contributed by atoms with E-state index in [1.54, 1.807) is 0 Å². The molecular formula is C53H34N4O. The summed E-state index contributed by atoms with van der Waals surface area (Å²) < 4.78 is 6.60. The predicted octanol–water partition coefficient (Wildman–Crippen LogP) is 14.2. The monoisotopic (exact) mass is 742 g/mol. The predicted molar refractivity (Wildman–Crippen MR) is 239 cm³/mol. The Hall–Kier alpha value is -7.89. The molecule has 0 unspecified atom stereocenters. The van der Waals surface area contributed by atoms with Crippen molar-refractivity contribution in [2.45, 2.75) is 0 Å². The lowest BCUT2D eigenvalue weighted by Crippen LogP contribution is -2.09. The van der Waals surface area contributed by atoms with Gasteiger partial charge in [0.2, 0.25) is 0 Å². The van der Waals surface area contributed by atoms with Crippen molar-refractivity contribution in [3.63, 3.8) is 0 Å². The van der Waals surface area contributed by atoms with E-state index in [4.69, 9.17) is 19.4 Å². The van der Waals surface area contributed by atoms with E-state index in [1.807, 2.05) is 30.3 Å². The highest BCUT2D eigenvalue weighted by Gasteiger charge is 2.21. The van der Waals surface area contributed by atoms with Crippen molar-refractivity contribution in [2.24, 2.45) is 0 Å². The third-order valence-corrected chi connectivity index (χ3v) is 10.9. The number of benzene rings is 9. The number of furan rings is 1. The second kappa shape index (κ2) is 14.0. The second-order valence-electron chi connectivity index (χ2n) is 14.5. The number of anilines is 3. The van der Waals surface area contributed by atoms with Crippen LogP contribution in [0.1, 0.15) is 0 Å². The standard InChI is InChI=1S/C53H34N4O/c1-3-17-43(18-4-1)57(44-19-5-2-6-20-44)45-29-27-37(28-30-45)42-33-47(50-46-21-11-12-22-48(46)58-49(50)34-42)53-55-51(40-25-23-35-13-7-9-15-38(35)31-40)54-52(56-53)41-26-24-36-14-8-10-16-39(36)32-41/h1-34H. The summed E-state index contributed by atoms with van der Waals surface area (Å²) in [4.78, 5) is 18.0. The van der Waals surface area contributed by atoms with Crippen molar-refractivity contribution in [1.29, 1.82) is 0 Å². The number of rotatable bonds is 7. The van der Waals surface area contributed by atoms with Crippen LogP contribution in [0.3, 0.4) is 0 Å². The Morgan fingerprint density at radius 1 is 0.328 bits per heavy atom. The fourth-order valence-electron chi connectivity index (χ4n) is 8.01. The maximum atomic E-state index is 6.60. The van der Waals surface area contributed by atoms with Crippen LogP contribution in [-0.4, -0.2) is 15.0 Å². The van der Waals surface area contributed by atoms with E-state index in [2.05, 4.69) is 181 Å². The molecular weight excluding hydrogens is 709 g/mol. The highest BCUT2D eigenvalue weighted by Crippen LogP contribution is 2.41. The van der Waals surface area contributed by atoms with Gasteiger partial charge in [-0.2, -0.15) is 0 Å². The average Bonchev–Trinajstić information content (AvgIpc) is 3.68. The Morgan fingerprint density at radius 2 is 0.810 bits per heavy atom. The van der Waals surface area contributed by atoms with E-state index in [1.165, 1.54) is 0 Å². The smallest absolute Gasteiger partial charge is 0.164 e. The molecule has 272 valence electrons. The Bertz CT molecular complexity index is 3150. The minimum atomic E-state index is 0.579. The second-order valence-corrected chi connectivity index (χ2v) is 14.5. The molecule has 11 aromatic rings. The molecule has 0 amide bonds. The maximum absolute atomic E-state index is 6.60. The molecule has 0 saturated carbocycles. The Morgan fingerprint density at radius 3 is 1.41 bits per heavy atom. The van der Waals surface area contributed by atoms with Crippen LogP contribution in [0.4, 0.5) is 17.1 Å². The summed E-state index contributed by atoms with van der Waals surface area (Å²) in [7, 11) is 0. The molecule has 11 rings (SSSR count). The number of aromatic nitrogens is 3. The van der Waals surface area contributed by atoms with Gasteiger partial charge in [-0.3, -0.25) is 0 Å². The van der Waals surface area contributed by atoms with Crippen LogP contribution in [0.25, 0.3) is 88.8 Å². The molecule has 0 fully saturated rings. The normalized spacial score (nSPS) is 11.4. The Balaban J connectivity index is 1.11. The summed E-state index contributed by atoms with van der Waals surface area (Å²) in [6.07, 6.45) is 0. The summed E-state index contributed by atoms with van der Waals surface area (Å²) in [5.41, 5.74) is 9.59. The minimum Gasteiger partial charge on any atom is -0.456 e. The van der Waals surface area contributed by atoms with Crippen molar-refractivity contribution >= 4 is 60.5 Å². The third kappa shape index (κ3) is 6.03. The molecule has 0 aliphatic rings. The van der Waals surface area contributed by atoms with E-state index in [-0.39, 0.29) is 0 Å². The van der Waals surface area contributed by atoms with Crippen molar-refractivity contribution in [3.8, 4) is 45.3 Å². The number of hydrogen-bond acceptors (Lipinski definition) is 5. The van der Waals surface area contributed by atoms with Gasteiger partial charge in [0.25, 0.3) is 0 Å². The van der Waals surface area contributed by atoms with Crippen molar-refractivity contribution in [3.05, 3.63) is 206 Å². The van der Waals surface area contributed by atoms with E-state index < -0.39 is 0 Å². The molecule has 0 spiro atoms. The van der Waals surface area contributed by atoms with Gasteiger partial charge < -0.3 is 9.32 Å². The number of para-hydroxylation sites is 3. The fourth-order valence-corrected chi connectivity index (χ4v) is 8.01. The van der Waals surface area contributed by atoms with Crippen LogP contribution in [0, 0.1) is 0 Å². The lowest BCUT2D eigenvalue weighted by molar-refractivity contribution is 0.669. The largest absolute Gasteiger partial charge is 0.456 e. The van der Waals surface area contributed by atoms with Gasteiger partial charge in [0.05, 0.1) is 0 Å². The molecule has 0 saturated heterocycles. The van der Waals surface area contributed by atoms with Gasteiger partial charge in [0, 0.05) is 44.5 Å². The average molecular weight is 743 g/mol. The maximum Gasteiger partial charge on any atom is 0.164 e. The van der Waals surface area contributed by atoms with Crippen molar-refractivity contribution in [2.75, 3.05) is 4.90 Å². The number of nitrogens with zero attached hydrogens (tertiary/aromatic N) is 4. The summed E-state index contributed by atoms with van der Waals surface area (Å²) in [6.45, 7) is 0. The molecule has 0 atom stereocenters. The van der Waals surface area contributed by atoms with Gasteiger partial charge in [0.1, 0.15) is 11.2 Å². The zero-order chi connectivity index (χ0) is 38.4. The molecule has 0 bridgehead atoms. The zero-order valence-electron chi connectivity index (χ0n) is 31.3. The van der Waals surface area contributed by atoms with E-state index in [0.29, 0.717) is 17.5 Å². The van der Waals surface area contributed by atoms with Crippen molar-refractivity contribution in [1.82, 2.24) is 15.0 Å². The molecule has 0 aliphatic carbocycles. The first-order valence-corrected chi connectivity index (χ1v) is 19.4. The van der Waals surface area contributed by atoms with Crippen LogP contribution < -0.4 is 4.90 Å². The molecule has 0 radical (unpaired) electrons. The lowest BCUT2D eigenvalue weighted by atomic mass is 9.97. The fraction of sp³-hybridized carbons (Fsp3) is 0. The van der Waals surface area contributed by atoms with Gasteiger partial charge in [-0.15, -0.1) is 0 Å². The molecule has 5 nitrogen and oxygen atoms in total.